The van der Waals surface area contributed by atoms with E-state index in [4.69, 9.17) is 0 Å². The van der Waals surface area contributed by atoms with E-state index in [1.54, 1.807) is 24.3 Å². The molecule has 4 nitrogen and oxygen atoms in total. The molecule has 1 aliphatic carbocycles. The van der Waals surface area contributed by atoms with Crippen LogP contribution < -0.4 is 5.32 Å². The molecule has 0 aliphatic heterocycles. The molecule has 1 aliphatic rings. The second kappa shape index (κ2) is 4.78. The van der Waals surface area contributed by atoms with E-state index < -0.39 is 0 Å². The Labute approximate surface area is 109 Å². The predicted octanol–water partition coefficient (Wildman–Crippen LogP) is 1.39. The molecule has 0 atom stereocenters. The van der Waals surface area contributed by atoms with Crippen molar-refractivity contribution in [2.75, 3.05) is 5.75 Å². The van der Waals surface area contributed by atoms with Gasteiger partial charge >= 0.3 is 0 Å². The minimum absolute atomic E-state index is 0.0428. The Kier molecular flexibility index (Phi) is 3.34. The molecule has 0 aromatic heterocycles. The summed E-state index contributed by atoms with van der Waals surface area (Å²) in [7, 11) is 0. The van der Waals surface area contributed by atoms with Crippen LogP contribution in [0.4, 0.5) is 0 Å². The number of nitrogens with one attached hydrogen (secondary N) is 1. The van der Waals surface area contributed by atoms with Gasteiger partial charge in [0.2, 0.25) is 11.7 Å². The van der Waals surface area contributed by atoms with Crippen molar-refractivity contribution in [3.8, 4) is 0 Å². The van der Waals surface area contributed by atoms with Gasteiger partial charge in [-0.2, -0.15) is 12.6 Å². The van der Waals surface area contributed by atoms with Gasteiger partial charge in [-0.1, -0.05) is 24.3 Å². The lowest BCUT2D eigenvalue weighted by atomic mass is 9.88. The van der Waals surface area contributed by atoms with Gasteiger partial charge in [-0.05, 0) is 0 Å². The van der Waals surface area contributed by atoms with Crippen LogP contribution in [0.2, 0.25) is 0 Å². The Morgan fingerprint density at radius 1 is 1.17 bits per heavy atom. The number of hydrogen-bond acceptors (Lipinski definition) is 4. The molecule has 1 aromatic rings. The Morgan fingerprint density at radius 2 is 1.72 bits per heavy atom. The summed E-state index contributed by atoms with van der Waals surface area (Å²) >= 11 is 4.05. The summed E-state index contributed by atoms with van der Waals surface area (Å²) in [5, 5.41) is 2.43. The van der Waals surface area contributed by atoms with Crippen molar-refractivity contribution < 1.29 is 14.4 Å². The number of fused-ring (bicyclic) bond motifs is 1. The number of thiol groups is 1. The number of benzene rings is 1. The van der Waals surface area contributed by atoms with Crippen LogP contribution in [0, 0.1) is 0 Å². The van der Waals surface area contributed by atoms with E-state index >= 15 is 0 Å². The number of amides is 1. The standard InChI is InChI=1S/C13H11NO3S/c1-7(15)14-11-10(6-18)12(16)8-4-2-3-5-9(8)13(11)17/h2-5,18H,6H2,1H3,(H,14,15). The highest BCUT2D eigenvalue weighted by Gasteiger charge is 2.31. The maximum absolute atomic E-state index is 12.2. The van der Waals surface area contributed by atoms with Gasteiger partial charge in [0.1, 0.15) is 0 Å². The third kappa shape index (κ3) is 1.97. The first kappa shape index (κ1) is 12.6. The summed E-state index contributed by atoms with van der Waals surface area (Å²) in [6.07, 6.45) is 0. The van der Waals surface area contributed by atoms with Gasteiger partial charge in [-0.3, -0.25) is 14.4 Å². The number of hydrogen-bond donors (Lipinski definition) is 2. The van der Waals surface area contributed by atoms with E-state index in [2.05, 4.69) is 17.9 Å². The zero-order chi connectivity index (χ0) is 13.3. The van der Waals surface area contributed by atoms with Gasteiger partial charge in [0, 0.05) is 29.4 Å². The highest BCUT2D eigenvalue weighted by molar-refractivity contribution is 7.80. The highest BCUT2D eigenvalue weighted by Crippen LogP contribution is 2.25. The van der Waals surface area contributed by atoms with Gasteiger partial charge < -0.3 is 5.32 Å². The lowest BCUT2D eigenvalue weighted by molar-refractivity contribution is -0.118. The molecular formula is C13H11NO3S. The molecule has 5 heteroatoms. The summed E-state index contributed by atoms with van der Waals surface area (Å²) in [6.45, 7) is 1.29. The minimum atomic E-state index is -0.384. The van der Waals surface area contributed by atoms with Crippen LogP contribution in [0.25, 0.3) is 0 Å². The number of Topliss-reactive ketones (excluding diaryl/α,β-unsaturated/α-hetero) is 2. The Morgan fingerprint density at radius 3 is 2.22 bits per heavy atom. The molecule has 18 heavy (non-hydrogen) atoms. The normalized spacial score (nSPS) is 14.6. The van der Waals surface area contributed by atoms with Gasteiger partial charge in [0.15, 0.2) is 5.78 Å². The van der Waals surface area contributed by atoms with Crippen LogP contribution in [-0.4, -0.2) is 23.2 Å². The molecule has 0 bridgehead atoms. The second-order valence-corrected chi connectivity index (χ2v) is 4.21. The Hall–Kier alpha value is -1.88. The fourth-order valence-electron chi connectivity index (χ4n) is 1.89. The van der Waals surface area contributed by atoms with Crippen LogP contribution in [0.3, 0.4) is 0 Å². The summed E-state index contributed by atoms with van der Waals surface area (Å²) in [4.78, 5) is 35.5. The van der Waals surface area contributed by atoms with Crippen molar-refractivity contribution >= 4 is 30.1 Å². The summed E-state index contributed by atoms with van der Waals surface area (Å²) in [5.41, 5.74) is 0.955. The lowest BCUT2D eigenvalue weighted by Crippen LogP contribution is -2.33. The molecule has 0 saturated carbocycles. The maximum atomic E-state index is 12.2. The zero-order valence-corrected chi connectivity index (χ0v) is 10.6. The van der Waals surface area contributed by atoms with Crippen molar-refractivity contribution in [3.63, 3.8) is 0 Å². The summed E-state index contributed by atoms with van der Waals surface area (Å²) in [6, 6.07) is 6.56. The van der Waals surface area contributed by atoms with Crippen LogP contribution in [0.5, 0.6) is 0 Å². The van der Waals surface area contributed by atoms with Crippen LogP contribution in [0.1, 0.15) is 27.6 Å². The summed E-state index contributed by atoms with van der Waals surface area (Å²) < 4.78 is 0. The molecule has 1 N–H and O–H groups in total. The molecule has 0 unspecified atom stereocenters. The number of carbonyl (C=O) groups excluding carboxylic acids is 3. The van der Waals surface area contributed by atoms with Crippen molar-refractivity contribution in [2.45, 2.75) is 6.92 Å². The van der Waals surface area contributed by atoms with Gasteiger partial charge in [0.25, 0.3) is 0 Å². The van der Waals surface area contributed by atoms with Crippen molar-refractivity contribution in [1.29, 1.82) is 0 Å². The average Bonchev–Trinajstić information content (AvgIpc) is 2.36. The van der Waals surface area contributed by atoms with Gasteiger partial charge in [-0.25, -0.2) is 0 Å². The first-order chi connectivity index (χ1) is 8.56. The fraction of sp³-hybridized carbons (Fsp3) is 0.154. The van der Waals surface area contributed by atoms with E-state index in [1.807, 2.05) is 0 Å². The number of allylic oxidation sites excluding steroid dienone is 1. The smallest absolute Gasteiger partial charge is 0.221 e. The van der Waals surface area contributed by atoms with Gasteiger partial charge in [0.05, 0.1) is 5.70 Å². The molecule has 0 fully saturated rings. The monoisotopic (exact) mass is 261 g/mol. The SMILES string of the molecule is CC(=O)NC1=C(CS)C(=O)c2ccccc2C1=O. The largest absolute Gasteiger partial charge is 0.323 e. The first-order valence-electron chi connectivity index (χ1n) is 5.36. The molecular weight excluding hydrogens is 250 g/mol. The molecule has 92 valence electrons. The number of carbonyl (C=O) groups is 3. The third-order valence-electron chi connectivity index (χ3n) is 2.68. The predicted molar refractivity (Wildman–Crippen MR) is 69.8 cm³/mol. The van der Waals surface area contributed by atoms with Crippen molar-refractivity contribution in [2.24, 2.45) is 0 Å². The van der Waals surface area contributed by atoms with Crippen LogP contribution in [-0.2, 0) is 4.79 Å². The zero-order valence-electron chi connectivity index (χ0n) is 9.69. The van der Waals surface area contributed by atoms with Gasteiger partial charge in [-0.15, -0.1) is 0 Å². The van der Waals surface area contributed by atoms with Crippen LogP contribution in [0.15, 0.2) is 35.5 Å². The topological polar surface area (TPSA) is 63.2 Å². The van der Waals surface area contributed by atoms with E-state index in [0.29, 0.717) is 11.1 Å². The molecule has 0 spiro atoms. The molecule has 2 rings (SSSR count). The van der Waals surface area contributed by atoms with Crippen LogP contribution >= 0.6 is 12.6 Å². The number of ketones is 2. The molecule has 0 saturated heterocycles. The first-order valence-corrected chi connectivity index (χ1v) is 5.99. The van der Waals surface area contributed by atoms with Crippen molar-refractivity contribution in [3.05, 3.63) is 46.7 Å². The van der Waals surface area contributed by atoms with E-state index in [0.717, 1.165) is 0 Å². The summed E-state index contributed by atoms with van der Waals surface area (Å²) in [5.74, 6) is -0.882. The third-order valence-corrected chi connectivity index (χ3v) is 2.99. The van der Waals surface area contributed by atoms with E-state index in [-0.39, 0.29) is 34.5 Å². The maximum Gasteiger partial charge on any atom is 0.221 e. The average molecular weight is 261 g/mol. The second-order valence-electron chi connectivity index (χ2n) is 3.90. The Balaban J connectivity index is 2.61. The Bertz CT molecular complexity index is 590. The molecule has 0 radical (unpaired) electrons. The molecule has 1 amide bonds. The molecule has 1 aromatic carbocycles. The van der Waals surface area contributed by atoms with E-state index in [9.17, 15) is 14.4 Å². The minimum Gasteiger partial charge on any atom is -0.323 e. The lowest BCUT2D eigenvalue weighted by Gasteiger charge is -2.19. The van der Waals surface area contributed by atoms with Crippen molar-refractivity contribution in [1.82, 2.24) is 5.32 Å². The van der Waals surface area contributed by atoms with E-state index in [1.165, 1.54) is 6.92 Å². The highest BCUT2D eigenvalue weighted by atomic mass is 32.1. The fourth-order valence-corrected chi connectivity index (χ4v) is 2.19. The number of rotatable bonds is 2. The quantitative estimate of drug-likeness (QED) is 0.791. The molecule has 0 heterocycles.